The summed E-state index contributed by atoms with van der Waals surface area (Å²) in [7, 11) is -3.68. The molecule has 3 fully saturated rings. The van der Waals surface area contributed by atoms with Crippen molar-refractivity contribution in [2.45, 2.75) is 44.0 Å². The quantitative estimate of drug-likeness (QED) is 0.692. The molecule has 3 aliphatic rings. The second-order valence-corrected chi connectivity index (χ2v) is 9.83. The van der Waals surface area contributed by atoms with Crippen molar-refractivity contribution in [3.8, 4) is 0 Å². The van der Waals surface area contributed by atoms with Gasteiger partial charge in [-0.1, -0.05) is 5.16 Å². The molecule has 2 saturated heterocycles. The van der Waals surface area contributed by atoms with Crippen LogP contribution in [-0.2, 0) is 14.8 Å². The molecule has 11 heteroatoms. The van der Waals surface area contributed by atoms with Gasteiger partial charge in [-0.15, -0.1) is 0 Å². The van der Waals surface area contributed by atoms with E-state index in [4.69, 9.17) is 4.52 Å². The van der Waals surface area contributed by atoms with Crippen LogP contribution in [0.3, 0.4) is 0 Å². The zero-order valence-electron chi connectivity index (χ0n) is 16.3. The Balaban J connectivity index is 1.40. The maximum atomic E-state index is 12.9. The van der Waals surface area contributed by atoms with Crippen LogP contribution in [0.4, 0.5) is 4.79 Å². The van der Waals surface area contributed by atoms with E-state index in [9.17, 15) is 18.0 Å². The van der Waals surface area contributed by atoms with Gasteiger partial charge in [0.25, 0.3) is 5.91 Å². The summed E-state index contributed by atoms with van der Waals surface area (Å²) < 4.78 is 32.2. The largest absolute Gasteiger partial charge is 0.360 e. The lowest BCUT2D eigenvalue weighted by Gasteiger charge is -2.35. The first-order chi connectivity index (χ1) is 13.1. The van der Waals surface area contributed by atoms with Crippen LogP contribution in [0.5, 0.6) is 0 Å². The lowest BCUT2D eigenvalue weighted by Crippen LogP contribution is -2.53. The molecule has 154 valence electrons. The smallest absolute Gasteiger partial charge is 0.326 e. The third kappa shape index (κ3) is 3.01. The van der Waals surface area contributed by atoms with E-state index in [-0.39, 0.29) is 48.3 Å². The summed E-state index contributed by atoms with van der Waals surface area (Å²) in [6.45, 7) is 6.56. The van der Waals surface area contributed by atoms with E-state index in [1.807, 2.05) is 4.90 Å². The van der Waals surface area contributed by atoms with Crippen molar-refractivity contribution in [2.75, 3.05) is 32.8 Å². The monoisotopic (exact) mass is 411 g/mol. The first-order valence-electron chi connectivity index (χ1n) is 9.44. The van der Waals surface area contributed by atoms with Gasteiger partial charge in [-0.25, -0.2) is 18.1 Å². The predicted octanol–water partition coefficient (Wildman–Crippen LogP) is 0.276. The number of carbonyl (C=O) groups is 2. The Kier molecular flexibility index (Phi) is 4.51. The summed E-state index contributed by atoms with van der Waals surface area (Å²) in [6.07, 6.45) is 1.91. The molecule has 2 aliphatic heterocycles. The molecule has 0 aromatic carbocycles. The highest BCUT2D eigenvalue weighted by molar-refractivity contribution is 7.89. The Morgan fingerprint density at radius 2 is 1.82 bits per heavy atom. The summed E-state index contributed by atoms with van der Waals surface area (Å²) in [4.78, 5) is 28.3. The van der Waals surface area contributed by atoms with E-state index < -0.39 is 15.6 Å². The Labute approximate surface area is 163 Å². The van der Waals surface area contributed by atoms with Crippen molar-refractivity contribution in [2.24, 2.45) is 5.92 Å². The summed E-state index contributed by atoms with van der Waals surface area (Å²) in [5.74, 6) is 0.301. The average molecular weight is 411 g/mol. The maximum absolute atomic E-state index is 12.9. The fourth-order valence-electron chi connectivity index (χ4n) is 4.06. The van der Waals surface area contributed by atoms with Gasteiger partial charge in [0.05, 0.1) is 6.67 Å². The minimum atomic E-state index is -3.68. The van der Waals surface area contributed by atoms with Gasteiger partial charge in [-0.3, -0.25) is 9.69 Å². The minimum Gasteiger partial charge on any atom is -0.360 e. The van der Waals surface area contributed by atoms with Crippen molar-refractivity contribution in [1.29, 1.82) is 0 Å². The number of hydrogen-bond acceptors (Lipinski definition) is 7. The maximum Gasteiger partial charge on any atom is 0.326 e. The van der Waals surface area contributed by atoms with E-state index in [0.717, 1.165) is 12.8 Å². The van der Waals surface area contributed by atoms with E-state index in [1.165, 1.54) is 9.21 Å². The molecule has 1 saturated carbocycles. The molecule has 10 nitrogen and oxygen atoms in total. The summed E-state index contributed by atoms with van der Waals surface area (Å²) in [5, 5.41) is 6.56. The zero-order valence-corrected chi connectivity index (χ0v) is 17.1. The third-order valence-electron chi connectivity index (χ3n) is 5.93. The molecule has 0 spiro atoms. The van der Waals surface area contributed by atoms with Crippen molar-refractivity contribution in [3.63, 3.8) is 0 Å². The number of aryl methyl sites for hydroxylation is 2. The molecule has 1 atom stereocenters. The highest BCUT2D eigenvalue weighted by Gasteiger charge is 2.56. The normalized spacial score (nSPS) is 27.5. The van der Waals surface area contributed by atoms with Crippen molar-refractivity contribution < 1.29 is 22.5 Å². The molecule has 1 aliphatic carbocycles. The molecule has 1 unspecified atom stereocenters. The second kappa shape index (κ2) is 6.53. The summed E-state index contributed by atoms with van der Waals surface area (Å²) >= 11 is 0. The molecule has 3 heterocycles. The Morgan fingerprint density at radius 1 is 1.18 bits per heavy atom. The van der Waals surface area contributed by atoms with Crippen LogP contribution in [0.25, 0.3) is 0 Å². The minimum absolute atomic E-state index is 0.121. The molecule has 0 bridgehead atoms. The van der Waals surface area contributed by atoms with Crippen molar-refractivity contribution in [3.05, 3.63) is 11.5 Å². The van der Waals surface area contributed by atoms with Gasteiger partial charge in [-0.05, 0) is 39.5 Å². The fourth-order valence-corrected chi connectivity index (χ4v) is 5.78. The average Bonchev–Trinajstić information content (AvgIpc) is 3.41. The molecule has 4 rings (SSSR count). The number of carbonyl (C=O) groups excluding carboxylic acids is 2. The summed E-state index contributed by atoms with van der Waals surface area (Å²) in [6, 6.07) is -0.370. The van der Waals surface area contributed by atoms with Crippen LogP contribution >= 0.6 is 0 Å². The number of urea groups is 1. The van der Waals surface area contributed by atoms with Crippen LogP contribution in [0.2, 0.25) is 0 Å². The van der Waals surface area contributed by atoms with Crippen molar-refractivity contribution >= 4 is 22.0 Å². The fraction of sp³-hybridized carbons (Fsp3) is 0.706. The Morgan fingerprint density at radius 3 is 2.36 bits per heavy atom. The van der Waals surface area contributed by atoms with Crippen molar-refractivity contribution in [1.82, 2.24) is 24.6 Å². The van der Waals surface area contributed by atoms with E-state index in [1.54, 1.807) is 20.8 Å². The highest BCUT2D eigenvalue weighted by atomic mass is 32.2. The van der Waals surface area contributed by atoms with E-state index >= 15 is 0 Å². The van der Waals surface area contributed by atoms with Gasteiger partial charge in [0.1, 0.15) is 16.1 Å². The zero-order chi connectivity index (χ0) is 20.3. The second-order valence-electron chi connectivity index (χ2n) is 7.96. The molecule has 1 N–H and O–H groups in total. The molecular weight excluding hydrogens is 386 g/mol. The van der Waals surface area contributed by atoms with Crippen LogP contribution in [0.15, 0.2) is 9.42 Å². The predicted molar refractivity (Wildman–Crippen MR) is 97.7 cm³/mol. The SMILES string of the molecule is Cc1noc(C)c1S(=O)(=O)N1CCN(CN2C(=O)NC(C)(C3CC3)C2=O)CC1. The highest BCUT2D eigenvalue weighted by Crippen LogP contribution is 2.42. The molecule has 0 radical (unpaired) electrons. The Bertz CT molecular complexity index is 897. The number of nitrogens with zero attached hydrogens (tertiary/aromatic N) is 4. The van der Waals surface area contributed by atoms with Crippen LogP contribution in [0, 0.1) is 19.8 Å². The number of imide groups is 1. The number of amides is 3. The molecular formula is C17H25N5O5S. The molecule has 1 aromatic heterocycles. The molecule has 1 aromatic rings. The van der Waals surface area contributed by atoms with Gasteiger partial charge in [-0.2, -0.15) is 4.31 Å². The Hall–Kier alpha value is -1.98. The van der Waals surface area contributed by atoms with Crippen LogP contribution < -0.4 is 5.32 Å². The van der Waals surface area contributed by atoms with Crippen LogP contribution in [-0.4, -0.2) is 78.0 Å². The van der Waals surface area contributed by atoms with Gasteiger partial charge < -0.3 is 9.84 Å². The van der Waals surface area contributed by atoms with Gasteiger partial charge in [0, 0.05) is 26.2 Å². The topological polar surface area (TPSA) is 116 Å². The third-order valence-corrected chi connectivity index (χ3v) is 8.08. The lowest BCUT2D eigenvalue weighted by atomic mass is 9.96. The number of hydrogen-bond donors (Lipinski definition) is 1. The summed E-state index contributed by atoms with van der Waals surface area (Å²) in [5.41, 5.74) is -0.454. The number of nitrogens with one attached hydrogen (secondary N) is 1. The van der Waals surface area contributed by atoms with Gasteiger partial charge in [0.15, 0.2) is 5.76 Å². The molecule has 28 heavy (non-hydrogen) atoms. The van der Waals surface area contributed by atoms with Crippen LogP contribution in [0.1, 0.15) is 31.2 Å². The van der Waals surface area contributed by atoms with E-state index in [2.05, 4.69) is 10.5 Å². The number of sulfonamides is 1. The number of rotatable bonds is 5. The number of piperazine rings is 1. The lowest BCUT2D eigenvalue weighted by molar-refractivity contribution is -0.133. The first-order valence-corrected chi connectivity index (χ1v) is 10.9. The van der Waals surface area contributed by atoms with Gasteiger partial charge in [0.2, 0.25) is 10.0 Å². The van der Waals surface area contributed by atoms with Gasteiger partial charge >= 0.3 is 6.03 Å². The first kappa shape index (κ1) is 19.3. The standard InChI is InChI=1S/C17H25N5O5S/c1-11-14(12(2)27-19-11)28(25,26)21-8-6-20(7-9-21)10-22-15(23)17(3,13-4-5-13)18-16(22)24/h13H,4-10H2,1-3H3,(H,18,24). The van der Waals surface area contributed by atoms with E-state index in [0.29, 0.717) is 18.8 Å². The number of aromatic nitrogens is 1. The molecule has 3 amide bonds.